The Labute approximate surface area is 104 Å². The zero-order valence-corrected chi connectivity index (χ0v) is 10.2. The second-order valence-corrected chi connectivity index (χ2v) is 4.66. The molecule has 0 spiro atoms. The summed E-state index contributed by atoms with van der Waals surface area (Å²) >= 11 is 0. The zero-order valence-electron chi connectivity index (χ0n) is 10.2. The monoisotopic (exact) mass is 236 g/mol. The summed E-state index contributed by atoms with van der Waals surface area (Å²) in [6.07, 6.45) is 0. The minimum Gasteiger partial charge on any atom is -0.343 e. The lowest BCUT2D eigenvalue weighted by Crippen LogP contribution is -2.13. The first-order chi connectivity index (χ1) is 8.72. The van der Waals surface area contributed by atoms with Crippen LogP contribution < -0.4 is 10.6 Å². The molecule has 2 heterocycles. The van der Waals surface area contributed by atoms with E-state index in [0.29, 0.717) is 0 Å². The maximum absolute atomic E-state index is 4.55. The number of anilines is 2. The molecule has 0 aliphatic carbocycles. The van der Waals surface area contributed by atoms with E-state index in [9.17, 15) is 0 Å². The summed E-state index contributed by atoms with van der Waals surface area (Å²) in [5.41, 5.74) is 4.24. The van der Waals surface area contributed by atoms with Gasteiger partial charge in [-0.25, -0.2) is 9.98 Å². The van der Waals surface area contributed by atoms with Crippen LogP contribution in [0, 0.1) is 0 Å². The van der Waals surface area contributed by atoms with Crippen molar-refractivity contribution in [3.63, 3.8) is 0 Å². The van der Waals surface area contributed by atoms with Crippen LogP contribution in [0.1, 0.15) is 13.8 Å². The Morgan fingerprint density at radius 2 is 1.17 bits per heavy atom. The average molecular weight is 236 g/mol. The Kier molecular flexibility index (Phi) is 1.66. The van der Waals surface area contributed by atoms with E-state index in [1.165, 1.54) is 0 Å². The van der Waals surface area contributed by atoms with Crippen LogP contribution in [0.2, 0.25) is 0 Å². The van der Waals surface area contributed by atoms with Gasteiger partial charge in [0, 0.05) is 22.1 Å². The molecule has 0 radical (unpaired) electrons. The van der Waals surface area contributed by atoms with Gasteiger partial charge in [-0.1, -0.05) is 0 Å². The van der Waals surface area contributed by atoms with Gasteiger partial charge in [-0.05, 0) is 38.1 Å². The third kappa shape index (κ3) is 1.14. The van der Waals surface area contributed by atoms with Crippen LogP contribution in [-0.2, 0) is 0 Å². The third-order valence-corrected chi connectivity index (χ3v) is 3.32. The second-order valence-electron chi connectivity index (χ2n) is 4.66. The molecule has 2 N–H and O–H groups in total. The molecule has 0 saturated carbocycles. The highest BCUT2D eigenvalue weighted by Crippen LogP contribution is 2.45. The summed E-state index contributed by atoms with van der Waals surface area (Å²) in [5, 5.41) is 8.93. The van der Waals surface area contributed by atoms with Crippen molar-refractivity contribution in [1.82, 2.24) is 0 Å². The van der Waals surface area contributed by atoms with Crippen molar-refractivity contribution < 1.29 is 0 Å². The van der Waals surface area contributed by atoms with Crippen LogP contribution in [0.3, 0.4) is 0 Å². The lowest BCUT2D eigenvalue weighted by molar-refractivity contribution is 1.42. The lowest BCUT2D eigenvalue weighted by atomic mass is 10.0. The molecule has 2 aliphatic heterocycles. The minimum absolute atomic E-state index is 0.925. The van der Waals surface area contributed by atoms with Crippen LogP contribution in [0.4, 0.5) is 22.7 Å². The molecule has 2 aliphatic rings. The smallest absolute Gasteiger partial charge is 0.103 e. The Hall–Kier alpha value is -2.36. The molecule has 0 amide bonds. The van der Waals surface area contributed by atoms with Crippen molar-refractivity contribution in [2.24, 2.45) is 9.98 Å². The van der Waals surface area contributed by atoms with Gasteiger partial charge in [0.2, 0.25) is 0 Å². The summed E-state index contributed by atoms with van der Waals surface area (Å²) in [6.45, 7) is 3.95. The molecule has 2 aromatic rings. The summed E-state index contributed by atoms with van der Waals surface area (Å²) in [5.74, 6) is 1.85. The number of amidine groups is 2. The zero-order chi connectivity index (χ0) is 12.3. The Morgan fingerprint density at radius 1 is 0.722 bits per heavy atom. The predicted molar refractivity (Wildman–Crippen MR) is 76.7 cm³/mol. The second kappa shape index (κ2) is 3.10. The third-order valence-electron chi connectivity index (χ3n) is 3.32. The molecule has 4 heteroatoms. The van der Waals surface area contributed by atoms with E-state index in [2.05, 4.69) is 44.9 Å². The Balaban J connectivity index is 2.20. The van der Waals surface area contributed by atoms with Gasteiger partial charge in [0.15, 0.2) is 0 Å². The molecule has 0 bridgehead atoms. The van der Waals surface area contributed by atoms with Crippen LogP contribution >= 0.6 is 0 Å². The minimum atomic E-state index is 0.925. The molecule has 0 atom stereocenters. The molecule has 2 aromatic carbocycles. The number of hydrogen-bond acceptors (Lipinski definition) is 4. The van der Waals surface area contributed by atoms with E-state index in [4.69, 9.17) is 0 Å². The fraction of sp³-hybridized carbons (Fsp3) is 0.143. The molecule has 0 aromatic heterocycles. The highest BCUT2D eigenvalue weighted by molar-refractivity contribution is 6.22. The lowest BCUT2D eigenvalue weighted by Gasteiger charge is -2.22. The van der Waals surface area contributed by atoms with E-state index in [1.54, 1.807) is 0 Å². The van der Waals surface area contributed by atoms with Crippen LogP contribution in [0.15, 0.2) is 34.3 Å². The average Bonchev–Trinajstić information content (AvgIpc) is 2.34. The van der Waals surface area contributed by atoms with Gasteiger partial charge in [0.05, 0.1) is 11.4 Å². The maximum Gasteiger partial charge on any atom is 0.103 e. The topological polar surface area (TPSA) is 48.8 Å². The number of benzene rings is 2. The standard InChI is InChI=1S/C14H12N4/c1-7-15-9-3-5-11-14-12(18-8(2)17-11)6-4-10(16-7)13(9)14/h3-6H,1-2H3,(H,15,16)(H,17,18). The predicted octanol–water partition coefficient (Wildman–Crippen LogP) is 3.79. The van der Waals surface area contributed by atoms with Gasteiger partial charge in [0.1, 0.15) is 11.7 Å². The van der Waals surface area contributed by atoms with Gasteiger partial charge in [-0.15, -0.1) is 0 Å². The molecular formula is C14H12N4. The molecule has 0 unspecified atom stereocenters. The van der Waals surface area contributed by atoms with Crippen molar-refractivity contribution in [2.45, 2.75) is 13.8 Å². The SMILES string of the molecule is CC1=Nc2ccc3c4c(ccc(c24)N1)N=C(C)N3. The molecule has 18 heavy (non-hydrogen) atoms. The van der Waals surface area contributed by atoms with Crippen molar-refractivity contribution in [1.29, 1.82) is 0 Å². The molecule has 4 nitrogen and oxygen atoms in total. The molecular weight excluding hydrogens is 224 g/mol. The van der Waals surface area contributed by atoms with Crippen molar-refractivity contribution >= 4 is 45.2 Å². The first kappa shape index (κ1) is 9.65. The van der Waals surface area contributed by atoms with E-state index in [-0.39, 0.29) is 0 Å². The number of aliphatic imine (C=N–C) groups is 2. The fourth-order valence-corrected chi connectivity index (χ4v) is 2.66. The first-order valence-electron chi connectivity index (χ1n) is 5.97. The largest absolute Gasteiger partial charge is 0.343 e. The van der Waals surface area contributed by atoms with E-state index >= 15 is 0 Å². The summed E-state index contributed by atoms with van der Waals surface area (Å²) in [4.78, 5) is 9.11. The van der Waals surface area contributed by atoms with Gasteiger partial charge in [0.25, 0.3) is 0 Å². The van der Waals surface area contributed by atoms with Gasteiger partial charge in [-0.2, -0.15) is 0 Å². The highest BCUT2D eigenvalue weighted by Gasteiger charge is 2.19. The Morgan fingerprint density at radius 3 is 1.61 bits per heavy atom. The number of hydrogen-bond donors (Lipinski definition) is 2. The van der Waals surface area contributed by atoms with Crippen LogP contribution in [0.5, 0.6) is 0 Å². The summed E-state index contributed by atoms with van der Waals surface area (Å²) in [7, 11) is 0. The highest BCUT2D eigenvalue weighted by atomic mass is 15.0. The van der Waals surface area contributed by atoms with Crippen LogP contribution in [0.25, 0.3) is 10.8 Å². The molecule has 88 valence electrons. The normalized spacial score (nSPS) is 15.7. The van der Waals surface area contributed by atoms with Gasteiger partial charge in [-0.3, -0.25) is 0 Å². The van der Waals surface area contributed by atoms with Gasteiger partial charge < -0.3 is 10.6 Å². The van der Waals surface area contributed by atoms with E-state index < -0.39 is 0 Å². The fourth-order valence-electron chi connectivity index (χ4n) is 2.66. The first-order valence-corrected chi connectivity index (χ1v) is 5.97. The number of nitrogens with zero attached hydrogens (tertiary/aromatic N) is 2. The van der Waals surface area contributed by atoms with E-state index in [1.807, 2.05) is 13.8 Å². The molecule has 4 rings (SSSR count). The number of rotatable bonds is 0. The van der Waals surface area contributed by atoms with Crippen molar-refractivity contribution in [3.05, 3.63) is 24.3 Å². The summed E-state index contributed by atoms with van der Waals surface area (Å²) in [6, 6.07) is 8.26. The van der Waals surface area contributed by atoms with Gasteiger partial charge >= 0.3 is 0 Å². The molecule has 0 saturated heterocycles. The quantitative estimate of drug-likeness (QED) is 0.731. The van der Waals surface area contributed by atoms with Crippen molar-refractivity contribution in [2.75, 3.05) is 10.6 Å². The summed E-state index contributed by atoms with van der Waals surface area (Å²) < 4.78 is 0. The maximum atomic E-state index is 4.55. The van der Waals surface area contributed by atoms with E-state index in [0.717, 1.165) is 45.2 Å². The Bertz CT molecular complexity index is 691. The van der Waals surface area contributed by atoms with Crippen LogP contribution in [-0.4, -0.2) is 11.7 Å². The van der Waals surface area contributed by atoms with Crippen molar-refractivity contribution in [3.8, 4) is 0 Å². The number of nitrogens with one attached hydrogen (secondary N) is 2. The molecule has 0 fully saturated rings.